The van der Waals surface area contributed by atoms with Crippen LogP contribution in [0, 0.1) is 17.1 Å². The molecule has 0 spiro atoms. The van der Waals surface area contributed by atoms with Crippen LogP contribution in [0.2, 0.25) is 0 Å². The highest BCUT2D eigenvalue weighted by Gasteiger charge is 2.23. The third-order valence-corrected chi connectivity index (χ3v) is 3.75. The number of hydrogen-bond donors (Lipinski definition) is 2. The van der Waals surface area contributed by atoms with Crippen LogP contribution in [0.5, 0.6) is 0 Å². The van der Waals surface area contributed by atoms with Crippen molar-refractivity contribution in [2.24, 2.45) is 5.73 Å². The first-order valence-electron chi connectivity index (χ1n) is 7.01. The van der Waals surface area contributed by atoms with Gasteiger partial charge in [0.05, 0.1) is 18.2 Å². The lowest BCUT2D eigenvalue weighted by atomic mass is 10.0. The van der Waals surface area contributed by atoms with E-state index in [0.717, 1.165) is 25.9 Å². The third kappa shape index (κ3) is 4.25. The molecule has 0 aromatic heterocycles. The fourth-order valence-electron chi connectivity index (χ4n) is 2.71. The SMILES string of the molecule is N#Cc1ccc(F)cc1CN(CC(N)=O)C1CCNCC1. The predicted octanol–water partition coefficient (Wildman–Crippen LogP) is 0.737. The molecule has 1 aliphatic heterocycles. The van der Waals surface area contributed by atoms with Crippen molar-refractivity contribution in [1.29, 1.82) is 5.26 Å². The van der Waals surface area contributed by atoms with E-state index in [0.29, 0.717) is 17.7 Å². The van der Waals surface area contributed by atoms with E-state index in [1.807, 2.05) is 4.90 Å². The normalized spacial score (nSPS) is 15.9. The minimum Gasteiger partial charge on any atom is -0.369 e. The van der Waals surface area contributed by atoms with Gasteiger partial charge in [0.15, 0.2) is 0 Å². The fraction of sp³-hybridized carbons (Fsp3) is 0.467. The minimum absolute atomic E-state index is 0.117. The summed E-state index contributed by atoms with van der Waals surface area (Å²) in [6, 6.07) is 6.37. The standard InChI is InChI=1S/C15H19FN4O/c16-13-2-1-11(8-17)12(7-13)9-20(10-15(18)21)14-3-5-19-6-4-14/h1-2,7,14,19H,3-6,9-10H2,(H2,18,21). The molecule has 1 amide bonds. The molecule has 0 atom stereocenters. The largest absolute Gasteiger partial charge is 0.369 e. The number of rotatable bonds is 5. The second-order valence-electron chi connectivity index (χ2n) is 5.27. The Balaban J connectivity index is 2.19. The Hall–Kier alpha value is -1.97. The number of piperidine rings is 1. The van der Waals surface area contributed by atoms with Crippen LogP contribution >= 0.6 is 0 Å². The maximum absolute atomic E-state index is 13.4. The average molecular weight is 290 g/mol. The van der Waals surface area contributed by atoms with E-state index < -0.39 is 5.91 Å². The maximum atomic E-state index is 13.4. The number of primary amides is 1. The van der Waals surface area contributed by atoms with Crippen molar-refractivity contribution in [2.45, 2.75) is 25.4 Å². The number of nitrogens with two attached hydrogens (primary N) is 1. The third-order valence-electron chi connectivity index (χ3n) is 3.75. The summed E-state index contributed by atoms with van der Waals surface area (Å²) in [5, 5.41) is 12.4. The van der Waals surface area contributed by atoms with E-state index in [9.17, 15) is 9.18 Å². The van der Waals surface area contributed by atoms with Crippen LogP contribution in [0.3, 0.4) is 0 Å². The molecular formula is C15H19FN4O. The van der Waals surface area contributed by atoms with Crippen LogP contribution in [0.15, 0.2) is 18.2 Å². The van der Waals surface area contributed by atoms with Gasteiger partial charge in [-0.1, -0.05) is 0 Å². The molecule has 0 radical (unpaired) electrons. The van der Waals surface area contributed by atoms with Gasteiger partial charge in [-0.3, -0.25) is 9.69 Å². The zero-order valence-electron chi connectivity index (χ0n) is 11.8. The van der Waals surface area contributed by atoms with E-state index in [2.05, 4.69) is 11.4 Å². The number of halogens is 1. The molecule has 0 aliphatic carbocycles. The van der Waals surface area contributed by atoms with Gasteiger partial charge in [0.25, 0.3) is 0 Å². The lowest BCUT2D eigenvalue weighted by Gasteiger charge is -2.34. The van der Waals surface area contributed by atoms with Gasteiger partial charge in [-0.05, 0) is 49.7 Å². The van der Waals surface area contributed by atoms with Gasteiger partial charge in [0.2, 0.25) is 5.91 Å². The summed E-state index contributed by atoms with van der Waals surface area (Å²) in [7, 11) is 0. The molecule has 1 aromatic rings. The first kappa shape index (κ1) is 15.4. The Morgan fingerprint density at radius 3 is 2.81 bits per heavy atom. The second kappa shape index (κ2) is 7.16. The van der Waals surface area contributed by atoms with Gasteiger partial charge < -0.3 is 11.1 Å². The van der Waals surface area contributed by atoms with E-state index in [1.54, 1.807) is 0 Å². The quantitative estimate of drug-likeness (QED) is 0.838. The van der Waals surface area contributed by atoms with Crippen molar-refractivity contribution in [1.82, 2.24) is 10.2 Å². The summed E-state index contributed by atoms with van der Waals surface area (Å²) in [5.74, 6) is -0.795. The molecule has 5 nitrogen and oxygen atoms in total. The molecule has 0 bridgehead atoms. The predicted molar refractivity (Wildman–Crippen MR) is 76.6 cm³/mol. The van der Waals surface area contributed by atoms with Gasteiger partial charge >= 0.3 is 0 Å². The van der Waals surface area contributed by atoms with Crippen molar-refractivity contribution < 1.29 is 9.18 Å². The summed E-state index contributed by atoms with van der Waals surface area (Å²) in [6.45, 7) is 2.24. The van der Waals surface area contributed by atoms with Crippen molar-refractivity contribution in [3.05, 3.63) is 35.1 Å². The molecule has 112 valence electrons. The van der Waals surface area contributed by atoms with Crippen molar-refractivity contribution in [3.8, 4) is 6.07 Å². The van der Waals surface area contributed by atoms with Gasteiger partial charge in [0, 0.05) is 12.6 Å². The first-order valence-corrected chi connectivity index (χ1v) is 7.01. The number of carbonyl (C=O) groups excluding carboxylic acids is 1. The Morgan fingerprint density at radius 1 is 1.48 bits per heavy atom. The van der Waals surface area contributed by atoms with Crippen LogP contribution in [-0.2, 0) is 11.3 Å². The average Bonchev–Trinajstić information content (AvgIpc) is 2.47. The molecule has 21 heavy (non-hydrogen) atoms. The number of hydrogen-bond acceptors (Lipinski definition) is 4. The highest BCUT2D eigenvalue weighted by Crippen LogP contribution is 2.18. The second-order valence-corrected chi connectivity index (χ2v) is 5.27. The zero-order valence-corrected chi connectivity index (χ0v) is 11.8. The van der Waals surface area contributed by atoms with Crippen molar-refractivity contribution in [2.75, 3.05) is 19.6 Å². The van der Waals surface area contributed by atoms with E-state index in [1.165, 1.54) is 18.2 Å². The maximum Gasteiger partial charge on any atom is 0.231 e. The fourth-order valence-corrected chi connectivity index (χ4v) is 2.71. The molecule has 3 N–H and O–H groups in total. The molecule has 1 saturated heterocycles. The number of amides is 1. The number of benzene rings is 1. The van der Waals surface area contributed by atoms with Crippen LogP contribution in [0.25, 0.3) is 0 Å². The summed E-state index contributed by atoms with van der Waals surface area (Å²) in [4.78, 5) is 13.2. The lowest BCUT2D eigenvalue weighted by Crippen LogP contribution is -2.46. The summed E-state index contributed by atoms with van der Waals surface area (Å²) >= 11 is 0. The van der Waals surface area contributed by atoms with Crippen LogP contribution in [-0.4, -0.2) is 36.5 Å². The van der Waals surface area contributed by atoms with E-state index in [-0.39, 0.29) is 18.4 Å². The highest BCUT2D eigenvalue weighted by atomic mass is 19.1. The molecule has 1 heterocycles. The summed E-state index contributed by atoms with van der Waals surface area (Å²) in [5.41, 5.74) is 6.34. The molecule has 0 unspecified atom stereocenters. The molecule has 1 aromatic carbocycles. The van der Waals surface area contributed by atoms with Gasteiger partial charge in [-0.2, -0.15) is 5.26 Å². The summed E-state index contributed by atoms with van der Waals surface area (Å²) < 4.78 is 13.4. The van der Waals surface area contributed by atoms with Crippen LogP contribution < -0.4 is 11.1 Å². The smallest absolute Gasteiger partial charge is 0.231 e. The van der Waals surface area contributed by atoms with Crippen LogP contribution in [0.1, 0.15) is 24.0 Å². The van der Waals surface area contributed by atoms with Gasteiger partial charge in [0.1, 0.15) is 5.82 Å². The number of nitrogens with zero attached hydrogens (tertiary/aromatic N) is 2. The number of nitrogens with one attached hydrogen (secondary N) is 1. The first-order chi connectivity index (χ1) is 10.1. The van der Waals surface area contributed by atoms with E-state index in [4.69, 9.17) is 11.0 Å². The number of nitriles is 1. The zero-order chi connectivity index (χ0) is 15.2. The van der Waals surface area contributed by atoms with Crippen molar-refractivity contribution in [3.63, 3.8) is 0 Å². The lowest BCUT2D eigenvalue weighted by molar-refractivity contribution is -0.120. The van der Waals surface area contributed by atoms with Gasteiger partial charge in [-0.15, -0.1) is 0 Å². The van der Waals surface area contributed by atoms with E-state index >= 15 is 0 Å². The Morgan fingerprint density at radius 2 is 2.19 bits per heavy atom. The highest BCUT2D eigenvalue weighted by molar-refractivity contribution is 5.76. The van der Waals surface area contributed by atoms with Gasteiger partial charge in [-0.25, -0.2) is 4.39 Å². The van der Waals surface area contributed by atoms with Crippen molar-refractivity contribution >= 4 is 5.91 Å². The Kier molecular flexibility index (Phi) is 5.26. The summed E-state index contributed by atoms with van der Waals surface area (Å²) in [6.07, 6.45) is 1.81. The number of carbonyl (C=O) groups is 1. The molecule has 1 aliphatic rings. The Labute approximate surface area is 123 Å². The molecular weight excluding hydrogens is 271 g/mol. The monoisotopic (exact) mass is 290 g/mol. The molecule has 2 rings (SSSR count). The minimum atomic E-state index is -0.413. The Bertz CT molecular complexity index is 549. The molecule has 0 saturated carbocycles. The van der Waals surface area contributed by atoms with Crippen LogP contribution in [0.4, 0.5) is 4.39 Å². The molecule has 6 heteroatoms. The molecule has 1 fully saturated rings. The topological polar surface area (TPSA) is 82.2 Å².